The van der Waals surface area contributed by atoms with Crippen molar-refractivity contribution in [1.82, 2.24) is 5.32 Å². The Balaban J connectivity index is 1.85. The minimum atomic E-state index is -1.22. The zero-order chi connectivity index (χ0) is 23.3. The molecule has 164 valence electrons. The number of nitrogens with one attached hydrogen (secondary N) is 2. The van der Waals surface area contributed by atoms with Gasteiger partial charge in [0.1, 0.15) is 5.92 Å². The van der Waals surface area contributed by atoms with Gasteiger partial charge in [0.25, 0.3) is 0 Å². The smallest absolute Gasteiger partial charge is 0.319 e. The first-order chi connectivity index (χ1) is 15.3. The van der Waals surface area contributed by atoms with Crippen molar-refractivity contribution in [2.75, 3.05) is 18.2 Å². The molecule has 2 aromatic carbocycles. The molecular formula is C22H17Cl2N3O4S. The molecular weight excluding hydrogens is 473 g/mol. The molecule has 1 aliphatic rings. The highest BCUT2D eigenvalue weighted by Crippen LogP contribution is 2.40. The van der Waals surface area contributed by atoms with Gasteiger partial charge in [0.05, 0.1) is 39.6 Å². The summed E-state index contributed by atoms with van der Waals surface area (Å²) in [6, 6.07) is 15.5. The van der Waals surface area contributed by atoms with Crippen molar-refractivity contribution in [3.63, 3.8) is 0 Å². The van der Waals surface area contributed by atoms with Gasteiger partial charge in [-0.1, -0.05) is 65.3 Å². The molecule has 2 aromatic rings. The molecule has 1 heterocycles. The lowest BCUT2D eigenvalue weighted by Crippen LogP contribution is -2.44. The summed E-state index contributed by atoms with van der Waals surface area (Å²) in [7, 11) is 1.19. The lowest BCUT2D eigenvalue weighted by molar-refractivity contribution is -0.150. The summed E-state index contributed by atoms with van der Waals surface area (Å²) in [4.78, 5) is 37.5. The van der Waals surface area contributed by atoms with E-state index < -0.39 is 23.7 Å². The Morgan fingerprint density at radius 2 is 1.91 bits per heavy atom. The van der Waals surface area contributed by atoms with Crippen LogP contribution < -0.4 is 10.6 Å². The summed E-state index contributed by atoms with van der Waals surface area (Å²) in [5, 5.41) is 16.0. The maximum atomic E-state index is 12.8. The molecule has 3 rings (SSSR count). The van der Waals surface area contributed by atoms with Crippen LogP contribution >= 0.6 is 35.0 Å². The largest absolute Gasteiger partial charge is 0.468 e. The fraction of sp³-hybridized carbons (Fsp3) is 0.182. The van der Waals surface area contributed by atoms with Gasteiger partial charge in [0.2, 0.25) is 11.8 Å². The van der Waals surface area contributed by atoms with Crippen LogP contribution in [0.5, 0.6) is 0 Å². The number of anilines is 1. The third-order valence-electron chi connectivity index (χ3n) is 4.69. The van der Waals surface area contributed by atoms with E-state index in [1.165, 1.54) is 13.2 Å². The maximum absolute atomic E-state index is 12.8. The van der Waals surface area contributed by atoms with E-state index in [1.807, 2.05) is 0 Å². The molecule has 10 heteroatoms. The number of benzene rings is 2. The number of rotatable bonds is 6. The number of methoxy groups -OCH3 is 1. The highest BCUT2D eigenvalue weighted by Gasteiger charge is 2.44. The van der Waals surface area contributed by atoms with E-state index in [0.29, 0.717) is 21.3 Å². The standard InChI is InChI=1S/C22H17Cl2N3O4S/c1-31-22(30)19-18(12-5-3-2-4-6-12)14(10-25)21(27-20(19)29)32-11-17(28)26-13-7-8-15(23)16(24)9-13/h2-9,18-19H,11H2,1H3,(H,26,28)(H,27,29)/t18-,19+/m0/s1. The molecule has 0 radical (unpaired) electrons. The Morgan fingerprint density at radius 3 is 2.53 bits per heavy atom. The maximum Gasteiger partial charge on any atom is 0.319 e. The van der Waals surface area contributed by atoms with E-state index in [-0.39, 0.29) is 22.3 Å². The first-order valence-corrected chi connectivity index (χ1v) is 11.1. The molecule has 1 aliphatic heterocycles. The SMILES string of the molecule is COC(=O)[C@H]1C(=O)NC(SCC(=O)Nc2ccc(Cl)c(Cl)c2)=C(C#N)[C@@H]1c1ccccc1. The van der Waals surface area contributed by atoms with Gasteiger partial charge in [-0.3, -0.25) is 14.4 Å². The van der Waals surface area contributed by atoms with Crippen LogP contribution in [0.4, 0.5) is 5.69 Å². The highest BCUT2D eigenvalue weighted by molar-refractivity contribution is 8.03. The van der Waals surface area contributed by atoms with Crippen LogP contribution in [0.2, 0.25) is 10.0 Å². The summed E-state index contributed by atoms with van der Waals surface area (Å²) in [6.07, 6.45) is 0. The Morgan fingerprint density at radius 1 is 1.19 bits per heavy atom. The molecule has 2 atom stereocenters. The second kappa shape index (κ2) is 10.6. The lowest BCUT2D eigenvalue weighted by atomic mass is 9.78. The van der Waals surface area contributed by atoms with Crippen LogP contribution in [-0.4, -0.2) is 30.6 Å². The minimum absolute atomic E-state index is 0.0918. The number of hydrogen-bond acceptors (Lipinski definition) is 6. The van der Waals surface area contributed by atoms with E-state index in [2.05, 4.69) is 16.7 Å². The number of esters is 1. The van der Waals surface area contributed by atoms with Gasteiger partial charge in [-0.2, -0.15) is 5.26 Å². The second-order valence-corrected chi connectivity index (χ2v) is 8.50. The molecule has 0 fully saturated rings. The fourth-order valence-corrected chi connectivity index (χ4v) is 4.40. The van der Waals surface area contributed by atoms with Crippen molar-refractivity contribution in [2.45, 2.75) is 5.92 Å². The average Bonchev–Trinajstić information content (AvgIpc) is 2.79. The minimum Gasteiger partial charge on any atom is -0.468 e. The quantitative estimate of drug-likeness (QED) is 0.466. The van der Waals surface area contributed by atoms with Crippen molar-refractivity contribution in [3.8, 4) is 6.07 Å². The molecule has 2 N–H and O–H groups in total. The Hall–Kier alpha value is -2.99. The lowest BCUT2D eigenvalue weighted by Gasteiger charge is -2.30. The highest BCUT2D eigenvalue weighted by atomic mass is 35.5. The molecule has 0 saturated heterocycles. The average molecular weight is 490 g/mol. The van der Waals surface area contributed by atoms with Crippen LogP contribution in [0.25, 0.3) is 0 Å². The Labute approximate surface area is 198 Å². The number of hydrogen-bond donors (Lipinski definition) is 2. The van der Waals surface area contributed by atoms with E-state index >= 15 is 0 Å². The molecule has 7 nitrogen and oxygen atoms in total. The van der Waals surface area contributed by atoms with Crippen molar-refractivity contribution in [1.29, 1.82) is 5.26 Å². The third-order valence-corrected chi connectivity index (χ3v) is 6.45. The Bertz CT molecular complexity index is 1130. The predicted molar refractivity (Wildman–Crippen MR) is 123 cm³/mol. The van der Waals surface area contributed by atoms with Gasteiger partial charge in [0, 0.05) is 11.6 Å². The Kier molecular flexibility index (Phi) is 7.80. The van der Waals surface area contributed by atoms with Crippen LogP contribution in [0.3, 0.4) is 0 Å². The van der Waals surface area contributed by atoms with Gasteiger partial charge in [0.15, 0.2) is 0 Å². The van der Waals surface area contributed by atoms with E-state index in [9.17, 15) is 19.6 Å². The predicted octanol–water partition coefficient (Wildman–Crippen LogP) is 4.10. The van der Waals surface area contributed by atoms with Gasteiger partial charge in [-0.25, -0.2) is 0 Å². The van der Waals surface area contributed by atoms with Crippen molar-refractivity contribution in [2.24, 2.45) is 5.92 Å². The molecule has 0 bridgehead atoms. The molecule has 0 saturated carbocycles. The summed E-state index contributed by atoms with van der Waals surface area (Å²) in [6.45, 7) is 0. The van der Waals surface area contributed by atoms with Gasteiger partial charge >= 0.3 is 5.97 Å². The number of allylic oxidation sites excluding steroid dienone is 1. The first-order valence-electron chi connectivity index (χ1n) is 9.31. The summed E-state index contributed by atoms with van der Waals surface area (Å²) in [5.74, 6) is -3.86. The number of carbonyl (C=O) groups excluding carboxylic acids is 3. The summed E-state index contributed by atoms with van der Waals surface area (Å²) in [5.41, 5.74) is 1.26. The monoisotopic (exact) mass is 489 g/mol. The number of halogens is 2. The van der Waals surface area contributed by atoms with Gasteiger partial charge in [-0.15, -0.1) is 0 Å². The van der Waals surface area contributed by atoms with Crippen molar-refractivity contribution < 1.29 is 19.1 Å². The first kappa shape index (κ1) is 23.7. The van der Waals surface area contributed by atoms with Crippen molar-refractivity contribution >= 4 is 58.4 Å². The molecule has 0 unspecified atom stereocenters. The molecule has 2 amide bonds. The topological polar surface area (TPSA) is 108 Å². The number of ether oxygens (including phenoxy) is 1. The number of thioether (sulfide) groups is 1. The number of carbonyl (C=O) groups is 3. The normalized spacial score (nSPS) is 17.9. The van der Waals surface area contributed by atoms with Crippen LogP contribution in [0, 0.1) is 17.2 Å². The van der Waals surface area contributed by atoms with Crippen LogP contribution in [0.15, 0.2) is 59.1 Å². The summed E-state index contributed by atoms with van der Waals surface area (Å²) >= 11 is 12.8. The molecule has 0 aliphatic carbocycles. The zero-order valence-corrected chi connectivity index (χ0v) is 19.1. The van der Waals surface area contributed by atoms with E-state index in [0.717, 1.165) is 11.8 Å². The van der Waals surface area contributed by atoms with E-state index in [4.69, 9.17) is 27.9 Å². The molecule has 32 heavy (non-hydrogen) atoms. The van der Waals surface area contributed by atoms with Crippen LogP contribution in [0.1, 0.15) is 11.5 Å². The number of nitrogens with zero attached hydrogens (tertiary/aromatic N) is 1. The van der Waals surface area contributed by atoms with Gasteiger partial charge in [-0.05, 0) is 23.8 Å². The van der Waals surface area contributed by atoms with Crippen molar-refractivity contribution in [3.05, 3.63) is 74.7 Å². The molecule has 0 spiro atoms. The molecule has 0 aromatic heterocycles. The van der Waals surface area contributed by atoms with Gasteiger partial charge < -0.3 is 15.4 Å². The number of nitriles is 1. The third kappa shape index (κ3) is 5.25. The second-order valence-electron chi connectivity index (χ2n) is 6.70. The zero-order valence-electron chi connectivity index (χ0n) is 16.7. The number of amides is 2. The van der Waals surface area contributed by atoms with Crippen LogP contribution in [-0.2, 0) is 19.1 Å². The summed E-state index contributed by atoms with van der Waals surface area (Å²) < 4.78 is 4.80. The fourth-order valence-electron chi connectivity index (χ4n) is 3.25. The van der Waals surface area contributed by atoms with E-state index in [1.54, 1.807) is 42.5 Å².